The summed E-state index contributed by atoms with van der Waals surface area (Å²) < 4.78 is 0. The lowest BCUT2D eigenvalue weighted by molar-refractivity contribution is 0.296. The second kappa shape index (κ2) is 14.3. The van der Waals surface area contributed by atoms with Crippen LogP contribution in [-0.4, -0.2) is 35.8 Å². The zero-order chi connectivity index (χ0) is 12.8. The molecule has 0 amide bonds. The maximum absolute atomic E-state index is 8.64. The third-order valence-electron chi connectivity index (χ3n) is 2.93. The first-order valence-corrected chi connectivity index (χ1v) is 8.38. The van der Waals surface area contributed by atoms with Gasteiger partial charge in [-0.2, -0.15) is 11.8 Å². The van der Waals surface area contributed by atoms with Crippen molar-refractivity contribution in [3.63, 3.8) is 0 Å². The Balaban J connectivity index is 3.09. The van der Waals surface area contributed by atoms with Gasteiger partial charge in [-0.05, 0) is 25.5 Å². The van der Waals surface area contributed by atoms with Gasteiger partial charge in [0.05, 0.1) is 0 Å². The van der Waals surface area contributed by atoms with Crippen molar-refractivity contribution in [3.8, 4) is 0 Å². The first kappa shape index (κ1) is 17.3. The molecule has 0 radical (unpaired) electrons. The van der Waals surface area contributed by atoms with Gasteiger partial charge in [0.25, 0.3) is 0 Å². The molecule has 2 nitrogen and oxygen atoms in total. The molecule has 0 bridgehead atoms. The smallest absolute Gasteiger partial charge is 0.0438 e. The average Bonchev–Trinajstić information content (AvgIpc) is 2.33. The molecule has 0 aromatic carbocycles. The van der Waals surface area contributed by atoms with Crippen LogP contribution in [0.4, 0.5) is 0 Å². The Kier molecular flexibility index (Phi) is 14.6. The van der Waals surface area contributed by atoms with Crippen LogP contribution in [0.2, 0.25) is 0 Å². The summed E-state index contributed by atoms with van der Waals surface area (Å²) in [6.45, 7) is 5.98. The molecule has 0 aliphatic heterocycles. The molecule has 0 spiro atoms. The maximum atomic E-state index is 8.64. The standard InChI is InChI=1S/C14H31NOS/c1-3-4-5-6-7-9-14(2)15-10-13-17-12-8-11-16/h14-16H,3-13H2,1-2H3. The molecule has 1 unspecified atom stereocenters. The highest BCUT2D eigenvalue weighted by molar-refractivity contribution is 7.99. The minimum Gasteiger partial charge on any atom is -0.396 e. The van der Waals surface area contributed by atoms with Gasteiger partial charge < -0.3 is 10.4 Å². The lowest BCUT2D eigenvalue weighted by atomic mass is 10.1. The molecule has 0 aromatic heterocycles. The zero-order valence-electron chi connectivity index (χ0n) is 11.7. The zero-order valence-corrected chi connectivity index (χ0v) is 12.5. The number of nitrogens with one attached hydrogen (secondary N) is 1. The van der Waals surface area contributed by atoms with Gasteiger partial charge in [-0.25, -0.2) is 0 Å². The molecule has 0 heterocycles. The van der Waals surface area contributed by atoms with Crippen LogP contribution >= 0.6 is 11.8 Å². The van der Waals surface area contributed by atoms with E-state index in [2.05, 4.69) is 19.2 Å². The van der Waals surface area contributed by atoms with Crippen molar-refractivity contribution in [1.82, 2.24) is 5.32 Å². The number of unbranched alkanes of at least 4 members (excludes halogenated alkanes) is 4. The summed E-state index contributed by atoms with van der Waals surface area (Å²) in [7, 11) is 0. The molecule has 0 rings (SSSR count). The van der Waals surface area contributed by atoms with Crippen LogP contribution in [0.15, 0.2) is 0 Å². The van der Waals surface area contributed by atoms with Crippen LogP contribution in [0, 0.1) is 0 Å². The van der Waals surface area contributed by atoms with Crippen molar-refractivity contribution >= 4 is 11.8 Å². The molecule has 1 atom stereocenters. The van der Waals surface area contributed by atoms with Gasteiger partial charge in [-0.15, -0.1) is 0 Å². The van der Waals surface area contributed by atoms with Gasteiger partial charge in [-0.1, -0.05) is 39.0 Å². The third-order valence-corrected chi connectivity index (χ3v) is 4.00. The minimum absolute atomic E-state index is 0.328. The number of thioether (sulfide) groups is 1. The molecular formula is C14H31NOS. The highest BCUT2D eigenvalue weighted by Crippen LogP contribution is 2.07. The van der Waals surface area contributed by atoms with E-state index in [1.807, 2.05) is 11.8 Å². The van der Waals surface area contributed by atoms with E-state index in [1.54, 1.807) is 0 Å². The number of hydrogen-bond donors (Lipinski definition) is 2. The summed E-state index contributed by atoms with van der Waals surface area (Å²) in [5, 5.41) is 12.2. The molecule has 0 fully saturated rings. The van der Waals surface area contributed by atoms with Gasteiger partial charge in [0, 0.05) is 24.9 Å². The van der Waals surface area contributed by atoms with Crippen LogP contribution < -0.4 is 5.32 Å². The summed E-state index contributed by atoms with van der Waals surface area (Å²) in [5.74, 6) is 2.25. The molecule has 0 aliphatic rings. The molecule has 3 heteroatoms. The Hall–Kier alpha value is 0.270. The normalized spacial score (nSPS) is 12.9. The van der Waals surface area contributed by atoms with E-state index < -0.39 is 0 Å². The quantitative estimate of drug-likeness (QED) is 0.498. The molecule has 0 saturated carbocycles. The maximum Gasteiger partial charge on any atom is 0.0438 e. The number of aliphatic hydroxyl groups is 1. The highest BCUT2D eigenvalue weighted by atomic mass is 32.2. The number of rotatable bonds is 13. The minimum atomic E-state index is 0.328. The second-order valence-corrected chi connectivity index (χ2v) is 5.97. The largest absolute Gasteiger partial charge is 0.396 e. The van der Waals surface area contributed by atoms with Gasteiger partial charge in [0.2, 0.25) is 0 Å². The highest BCUT2D eigenvalue weighted by Gasteiger charge is 2.00. The van der Waals surface area contributed by atoms with Crippen molar-refractivity contribution in [2.24, 2.45) is 0 Å². The van der Waals surface area contributed by atoms with Gasteiger partial charge in [-0.3, -0.25) is 0 Å². The third kappa shape index (κ3) is 14.2. The van der Waals surface area contributed by atoms with Crippen molar-refractivity contribution in [2.75, 3.05) is 24.7 Å². The molecule has 17 heavy (non-hydrogen) atoms. The Morgan fingerprint density at radius 1 is 1.06 bits per heavy atom. The van der Waals surface area contributed by atoms with E-state index in [4.69, 9.17) is 5.11 Å². The summed E-state index contributed by atoms with van der Waals surface area (Å²) in [6, 6.07) is 0.662. The van der Waals surface area contributed by atoms with E-state index >= 15 is 0 Å². The lowest BCUT2D eigenvalue weighted by Gasteiger charge is -2.13. The molecule has 0 saturated heterocycles. The van der Waals surface area contributed by atoms with Gasteiger partial charge >= 0.3 is 0 Å². The van der Waals surface area contributed by atoms with Crippen LogP contribution in [0.25, 0.3) is 0 Å². The van der Waals surface area contributed by atoms with Crippen LogP contribution in [-0.2, 0) is 0 Å². The number of aliphatic hydroxyl groups excluding tert-OH is 1. The van der Waals surface area contributed by atoms with Crippen LogP contribution in [0.1, 0.15) is 58.8 Å². The van der Waals surface area contributed by atoms with E-state index in [0.717, 1.165) is 18.7 Å². The average molecular weight is 261 g/mol. The predicted octanol–water partition coefficient (Wildman–Crippen LogP) is 3.44. The predicted molar refractivity (Wildman–Crippen MR) is 79.9 cm³/mol. The Morgan fingerprint density at radius 2 is 1.82 bits per heavy atom. The fourth-order valence-electron chi connectivity index (χ4n) is 1.80. The second-order valence-electron chi connectivity index (χ2n) is 4.75. The Bertz CT molecular complexity index is 144. The monoisotopic (exact) mass is 261 g/mol. The number of hydrogen-bond acceptors (Lipinski definition) is 3. The van der Waals surface area contributed by atoms with Crippen LogP contribution in [0.3, 0.4) is 0 Å². The van der Waals surface area contributed by atoms with Crippen molar-refractivity contribution in [1.29, 1.82) is 0 Å². The van der Waals surface area contributed by atoms with E-state index in [9.17, 15) is 0 Å². The SMILES string of the molecule is CCCCCCCC(C)NCCSCCCO. The molecule has 2 N–H and O–H groups in total. The first-order valence-electron chi connectivity index (χ1n) is 7.23. The van der Waals surface area contributed by atoms with Crippen molar-refractivity contribution < 1.29 is 5.11 Å². The van der Waals surface area contributed by atoms with Crippen LogP contribution in [0.5, 0.6) is 0 Å². The van der Waals surface area contributed by atoms with Crippen molar-refractivity contribution in [2.45, 2.75) is 64.8 Å². The summed E-state index contributed by atoms with van der Waals surface area (Å²) in [6.07, 6.45) is 9.13. The van der Waals surface area contributed by atoms with Gasteiger partial charge in [0.15, 0.2) is 0 Å². The van der Waals surface area contributed by atoms with Crippen molar-refractivity contribution in [3.05, 3.63) is 0 Å². The van der Waals surface area contributed by atoms with E-state index in [1.165, 1.54) is 44.3 Å². The summed E-state index contributed by atoms with van der Waals surface area (Å²) >= 11 is 1.93. The molecular weight excluding hydrogens is 230 g/mol. The fourth-order valence-corrected chi connectivity index (χ4v) is 2.60. The van der Waals surface area contributed by atoms with E-state index in [0.29, 0.717) is 12.6 Å². The molecule has 104 valence electrons. The topological polar surface area (TPSA) is 32.3 Å². The van der Waals surface area contributed by atoms with E-state index in [-0.39, 0.29) is 0 Å². The lowest BCUT2D eigenvalue weighted by Crippen LogP contribution is -2.28. The summed E-state index contributed by atoms with van der Waals surface area (Å²) in [5.41, 5.74) is 0. The Morgan fingerprint density at radius 3 is 2.53 bits per heavy atom. The first-order chi connectivity index (χ1) is 8.31. The van der Waals surface area contributed by atoms with Gasteiger partial charge in [0.1, 0.15) is 0 Å². The molecule has 0 aromatic rings. The molecule has 0 aliphatic carbocycles. The fraction of sp³-hybridized carbons (Fsp3) is 1.00. The Labute approximate surface area is 112 Å². The summed E-state index contributed by atoms with van der Waals surface area (Å²) in [4.78, 5) is 0.